The molecule has 1 heterocycles. The van der Waals surface area contributed by atoms with Gasteiger partial charge in [0, 0.05) is 11.4 Å². The zero-order valence-corrected chi connectivity index (χ0v) is 12.5. The number of amides is 1. The Hall–Kier alpha value is -1.49. The summed E-state index contributed by atoms with van der Waals surface area (Å²) in [7, 11) is 0. The normalized spacial score (nSPS) is 20.0. The summed E-state index contributed by atoms with van der Waals surface area (Å²) in [5, 5.41) is 11.8. The Labute approximate surface area is 123 Å². The molecule has 0 aliphatic carbocycles. The molecule has 4 nitrogen and oxygen atoms in total. The van der Waals surface area contributed by atoms with Crippen LogP contribution in [0.2, 0.25) is 0 Å². The first kappa shape index (κ1) is 14.9. The van der Waals surface area contributed by atoms with Crippen LogP contribution in [0, 0.1) is 5.41 Å². The first-order valence-corrected chi connectivity index (χ1v) is 7.60. The van der Waals surface area contributed by atoms with Gasteiger partial charge in [0.15, 0.2) is 0 Å². The second-order valence-corrected chi connectivity index (χ2v) is 6.60. The molecular weight excluding hydrogens is 274 g/mol. The Kier molecular flexibility index (Phi) is 4.38. The van der Waals surface area contributed by atoms with Crippen molar-refractivity contribution in [2.75, 3.05) is 6.54 Å². The van der Waals surface area contributed by atoms with Crippen LogP contribution in [0.25, 0.3) is 0 Å². The standard InChI is InChI=1S/C15H19NO3S/c1-3-15(2,14(18)19)9-16-13(17)12-8-10-6-4-5-7-11(10)20-12/h4-7,12H,3,8-9H2,1-2H3,(H,16,17)(H,18,19). The molecule has 20 heavy (non-hydrogen) atoms. The molecule has 0 aromatic heterocycles. The molecule has 5 heteroatoms. The van der Waals surface area contributed by atoms with E-state index in [1.165, 1.54) is 5.56 Å². The van der Waals surface area contributed by atoms with Gasteiger partial charge in [-0.1, -0.05) is 25.1 Å². The first-order chi connectivity index (χ1) is 9.46. The SMILES string of the molecule is CCC(C)(CNC(=O)C1Cc2ccccc2S1)C(=O)O. The van der Waals surface area contributed by atoms with Gasteiger partial charge in [-0.25, -0.2) is 0 Å². The van der Waals surface area contributed by atoms with Crippen LogP contribution >= 0.6 is 11.8 Å². The van der Waals surface area contributed by atoms with Gasteiger partial charge in [0.1, 0.15) is 0 Å². The minimum Gasteiger partial charge on any atom is -0.481 e. The molecule has 0 spiro atoms. The van der Waals surface area contributed by atoms with Crippen molar-refractivity contribution in [1.82, 2.24) is 5.32 Å². The van der Waals surface area contributed by atoms with Crippen LogP contribution in [-0.2, 0) is 16.0 Å². The van der Waals surface area contributed by atoms with Crippen LogP contribution in [0.1, 0.15) is 25.8 Å². The number of fused-ring (bicyclic) bond motifs is 1. The molecule has 1 aliphatic rings. The monoisotopic (exact) mass is 293 g/mol. The molecule has 2 atom stereocenters. The van der Waals surface area contributed by atoms with Crippen molar-refractivity contribution in [3.63, 3.8) is 0 Å². The van der Waals surface area contributed by atoms with Crippen molar-refractivity contribution in [1.29, 1.82) is 0 Å². The van der Waals surface area contributed by atoms with E-state index in [0.29, 0.717) is 12.8 Å². The number of benzene rings is 1. The van der Waals surface area contributed by atoms with Gasteiger partial charge in [0.2, 0.25) is 5.91 Å². The predicted molar refractivity (Wildman–Crippen MR) is 78.8 cm³/mol. The van der Waals surface area contributed by atoms with Gasteiger partial charge in [-0.2, -0.15) is 0 Å². The second-order valence-electron chi connectivity index (χ2n) is 5.36. The summed E-state index contributed by atoms with van der Waals surface area (Å²) < 4.78 is 0. The van der Waals surface area contributed by atoms with Gasteiger partial charge in [-0.15, -0.1) is 11.8 Å². The molecule has 1 aliphatic heterocycles. The highest BCUT2D eigenvalue weighted by Crippen LogP contribution is 2.36. The third-order valence-electron chi connectivity index (χ3n) is 3.89. The lowest BCUT2D eigenvalue weighted by molar-refractivity contribution is -0.148. The van der Waals surface area contributed by atoms with Gasteiger partial charge in [0.05, 0.1) is 10.7 Å². The van der Waals surface area contributed by atoms with E-state index in [1.807, 2.05) is 31.2 Å². The Morgan fingerprint density at radius 1 is 1.45 bits per heavy atom. The van der Waals surface area contributed by atoms with Crippen LogP contribution in [0.3, 0.4) is 0 Å². The van der Waals surface area contributed by atoms with Crippen molar-refractivity contribution < 1.29 is 14.7 Å². The highest BCUT2D eigenvalue weighted by molar-refractivity contribution is 8.01. The summed E-state index contributed by atoms with van der Waals surface area (Å²) in [6.45, 7) is 3.65. The fourth-order valence-corrected chi connectivity index (χ4v) is 3.30. The van der Waals surface area contributed by atoms with Crippen molar-refractivity contribution in [2.45, 2.75) is 36.8 Å². The molecular formula is C15H19NO3S. The number of aliphatic carboxylic acids is 1. The third kappa shape index (κ3) is 2.98. The average molecular weight is 293 g/mol. The molecule has 2 unspecified atom stereocenters. The molecule has 0 saturated carbocycles. The van der Waals surface area contributed by atoms with Gasteiger partial charge in [-0.05, 0) is 31.4 Å². The largest absolute Gasteiger partial charge is 0.481 e. The molecule has 0 bridgehead atoms. The summed E-state index contributed by atoms with van der Waals surface area (Å²) >= 11 is 1.55. The first-order valence-electron chi connectivity index (χ1n) is 6.72. The Bertz CT molecular complexity index is 507. The molecule has 2 N–H and O–H groups in total. The summed E-state index contributed by atoms with van der Waals surface area (Å²) in [4.78, 5) is 24.5. The molecule has 2 rings (SSSR count). The van der Waals surface area contributed by atoms with E-state index in [2.05, 4.69) is 5.32 Å². The fraction of sp³-hybridized carbons (Fsp3) is 0.467. The molecule has 1 aromatic rings. The number of hydrogen-bond acceptors (Lipinski definition) is 3. The van der Waals surface area contributed by atoms with Crippen molar-refractivity contribution in [3.8, 4) is 0 Å². The third-order valence-corrected chi connectivity index (χ3v) is 5.21. The van der Waals surface area contributed by atoms with E-state index in [4.69, 9.17) is 0 Å². The number of nitrogens with one attached hydrogen (secondary N) is 1. The molecule has 0 radical (unpaired) electrons. The summed E-state index contributed by atoms with van der Waals surface area (Å²) in [5.41, 5.74) is 0.292. The zero-order valence-electron chi connectivity index (χ0n) is 11.7. The van der Waals surface area contributed by atoms with Crippen molar-refractivity contribution >= 4 is 23.6 Å². The Morgan fingerprint density at radius 2 is 2.15 bits per heavy atom. The highest BCUT2D eigenvalue weighted by Gasteiger charge is 2.34. The van der Waals surface area contributed by atoms with E-state index in [0.717, 1.165) is 4.90 Å². The topological polar surface area (TPSA) is 66.4 Å². The maximum atomic E-state index is 12.2. The number of carboxylic acid groups (broad SMARTS) is 1. The maximum Gasteiger partial charge on any atom is 0.311 e. The summed E-state index contributed by atoms with van der Waals surface area (Å²) in [6.07, 6.45) is 1.20. The zero-order chi connectivity index (χ0) is 14.8. The number of carbonyl (C=O) groups is 2. The molecule has 108 valence electrons. The lowest BCUT2D eigenvalue weighted by atomic mass is 9.87. The number of carbonyl (C=O) groups excluding carboxylic acids is 1. The van der Waals surface area contributed by atoms with Gasteiger partial charge in [-0.3, -0.25) is 9.59 Å². The summed E-state index contributed by atoms with van der Waals surface area (Å²) in [5.74, 6) is -0.949. The van der Waals surface area contributed by atoms with Gasteiger partial charge < -0.3 is 10.4 Å². The van der Waals surface area contributed by atoms with Crippen LogP contribution in [0.5, 0.6) is 0 Å². The van der Waals surface area contributed by atoms with Crippen LogP contribution in [0.4, 0.5) is 0 Å². The van der Waals surface area contributed by atoms with E-state index >= 15 is 0 Å². The quantitative estimate of drug-likeness (QED) is 0.874. The number of carboxylic acids is 1. The average Bonchev–Trinajstić information content (AvgIpc) is 2.88. The molecule has 1 aromatic carbocycles. The summed E-state index contributed by atoms with van der Waals surface area (Å²) in [6, 6.07) is 7.98. The number of rotatable bonds is 5. The highest BCUT2D eigenvalue weighted by atomic mass is 32.2. The van der Waals surface area contributed by atoms with Crippen LogP contribution < -0.4 is 5.32 Å². The molecule has 1 amide bonds. The van der Waals surface area contributed by atoms with Gasteiger partial charge >= 0.3 is 5.97 Å². The lowest BCUT2D eigenvalue weighted by Gasteiger charge is -2.24. The Morgan fingerprint density at radius 3 is 2.75 bits per heavy atom. The maximum absolute atomic E-state index is 12.2. The second kappa shape index (κ2) is 5.87. The number of thioether (sulfide) groups is 1. The van der Waals surface area contributed by atoms with E-state index in [-0.39, 0.29) is 17.7 Å². The molecule has 0 fully saturated rings. The van der Waals surface area contributed by atoms with Crippen LogP contribution in [0.15, 0.2) is 29.2 Å². The molecule has 0 saturated heterocycles. The van der Waals surface area contributed by atoms with Crippen molar-refractivity contribution in [2.24, 2.45) is 5.41 Å². The van der Waals surface area contributed by atoms with E-state index in [9.17, 15) is 14.7 Å². The van der Waals surface area contributed by atoms with Crippen molar-refractivity contribution in [3.05, 3.63) is 29.8 Å². The Balaban J connectivity index is 1.93. The smallest absolute Gasteiger partial charge is 0.311 e. The predicted octanol–water partition coefficient (Wildman–Crippen LogP) is 2.32. The van der Waals surface area contributed by atoms with E-state index in [1.54, 1.807) is 18.7 Å². The van der Waals surface area contributed by atoms with Crippen LogP contribution in [-0.4, -0.2) is 28.8 Å². The van der Waals surface area contributed by atoms with Gasteiger partial charge in [0.25, 0.3) is 0 Å². The lowest BCUT2D eigenvalue weighted by Crippen LogP contribution is -2.43. The fourth-order valence-electron chi connectivity index (χ4n) is 2.08. The van der Waals surface area contributed by atoms with E-state index < -0.39 is 11.4 Å². The number of hydrogen-bond donors (Lipinski definition) is 2. The minimum atomic E-state index is -0.897. The minimum absolute atomic E-state index is 0.0767.